The maximum absolute atomic E-state index is 11.1. The zero-order valence-electron chi connectivity index (χ0n) is 12.6. The molecule has 21 heavy (non-hydrogen) atoms. The van der Waals surface area contributed by atoms with Crippen LogP contribution in [0.3, 0.4) is 0 Å². The van der Waals surface area contributed by atoms with Crippen LogP contribution in [0.15, 0.2) is 18.2 Å². The largest absolute Gasteiger partial charge is 0.485 e. The van der Waals surface area contributed by atoms with Gasteiger partial charge in [0.25, 0.3) is 0 Å². The van der Waals surface area contributed by atoms with Crippen molar-refractivity contribution in [2.45, 2.75) is 51.6 Å². The summed E-state index contributed by atoms with van der Waals surface area (Å²) in [4.78, 5) is 11.1. The highest BCUT2D eigenvalue weighted by atomic mass is 79.9. The van der Waals surface area contributed by atoms with Gasteiger partial charge in [-0.3, -0.25) is 4.79 Å². The Morgan fingerprint density at radius 2 is 2.05 bits per heavy atom. The molecule has 1 atom stereocenters. The number of rotatable bonds is 7. The number of ketones is 1. The molecule has 1 aromatic rings. The zero-order chi connectivity index (χ0) is 15.1. The van der Waals surface area contributed by atoms with Gasteiger partial charge in [-0.15, -0.1) is 0 Å². The van der Waals surface area contributed by atoms with Gasteiger partial charge in [-0.1, -0.05) is 41.8 Å². The molecular weight excluding hydrogens is 332 g/mol. The van der Waals surface area contributed by atoms with Crippen molar-refractivity contribution in [2.24, 2.45) is 0 Å². The van der Waals surface area contributed by atoms with Crippen LogP contribution in [0.2, 0.25) is 0 Å². The lowest BCUT2D eigenvalue weighted by Gasteiger charge is -2.32. The molecule has 0 radical (unpaired) electrons. The molecule has 0 amide bonds. The minimum Gasteiger partial charge on any atom is -0.485 e. The van der Waals surface area contributed by atoms with Crippen molar-refractivity contribution in [1.82, 2.24) is 0 Å². The number of hydrogen-bond donors (Lipinski definition) is 0. The Bertz CT molecular complexity index is 473. The van der Waals surface area contributed by atoms with E-state index in [1.165, 1.54) is 18.4 Å². The highest BCUT2D eigenvalue weighted by Gasteiger charge is 2.29. The monoisotopic (exact) mass is 354 g/mol. The number of halogens is 1. The first-order valence-corrected chi connectivity index (χ1v) is 8.87. The first-order chi connectivity index (χ1) is 10.2. The molecule has 0 N–H and O–H groups in total. The van der Waals surface area contributed by atoms with E-state index in [0.29, 0.717) is 12.4 Å². The molecule has 5 rings (SSSR count). The SMILES string of the molecule is CCCCCC(=O)CCCBr.c1cc2c3cc1C(CO3)O2. The van der Waals surface area contributed by atoms with E-state index in [0.717, 1.165) is 42.5 Å². The second kappa shape index (κ2) is 8.42. The molecule has 0 saturated heterocycles. The number of carbonyl (C=O) groups is 1. The number of alkyl halides is 1. The molecule has 1 aromatic carbocycles. The Kier molecular flexibility index (Phi) is 6.55. The van der Waals surface area contributed by atoms with Gasteiger partial charge in [0.1, 0.15) is 12.4 Å². The number of hydrogen-bond acceptors (Lipinski definition) is 3. The summed E-state index contributed by atoms with van der Waals surface area (Å²) in [6, 6.07) is 6.10. The zero-order valence-corrected chi connectivity index (χ0v) is 14.2. The molecule has 4 bridgehead atoms. The molecule has 116 valence electrons. The van der Waals surface area contributed by atoms with Gasteiger partial charge in [-0.2, -0.15) is 0 Å². The van der Waals surface area contributed by atoms with Crippen LogP contribution in [0.4, 0.5) is 0 Å². The van der Waals surface area contributed by atoms with Crippen molar-refractivity contribution in [3.63, 3.8) is 0 Å². The summed E-state index contributed by atoms with van der Waals surface area (Å²) in [5, 5.41) is 0.951. The molecule has 0 fully saturated rings. The minimum absolute atomic E-state index is 0.178. The first kappa shape index (κ1) is 16.3. The van der Waals surface area contributed by atoms with Gasteiger partial charge in [0, 0.05) is 18.2 Å². The fourth-order valence-electron chi connectivity index (χ4n) is 2.41. The van der Waals surface area contributed by atoms with Gasteiger partial charge in [0.15, 0.2) is 17.6 Å². The summed E-state index contributed by atoms with van der Waals surface area (Å²) in [5.41, 5.74) is 1.25. The average Bonchev–Trinajstić information content (AvgIpc) is 2.54. The Morgan fingerprint density at radius 1 is 1.24 bits per heavy atom. The van der Waals surface area contributed by atoms with E-state index in [4.69, 9.17) is 9.47 Å². The van der Waals surface area contributed by atoms with Gasteiger partial charge in [0.05, 0.1) is 0 Å². The van der Waals surface area contributed by atoms with Crippen LogP contribution < -0.4 is 9.47 Å². The average molecular weight is 355 g/mol. The van der Waals surface area contributed by atoms with Crippen LogP contribution >= 0.6 is 15.9 Å². The van der Waals surface area contributed by atoms with E-state index < -0.39 is 0 Å². The van der Waals surface area contributed by atoms with E-state index in [-0.39, 0.29) is 6.10 Å². The van der Waals surface area contributed by atoms with Gasteiger partial charge < -0.3 is 9.47 Å². The summed E-state index contributed by atoms with van der Waals surface area (Å²) in [6.45, 7) is 2.85. The third-order valence-electron chi connectivity index (χ3n) is 3.65. The summed E-state index contributed by atoms with van der Waals surface area (Å²) >= 11 is 3.31. The number of ether oxygens (including phenoxy) is 2. The fourth-order valence-corrected chi connectivity index (χ4v) is 2.69. The number of carbonyl (C=O) groups excluding carboxylic acids is 1. The molecule has 1 unspecified atom stereocenters. The molecule has 4 aliphatic heterocycles. The lowest BCUT2D eigenvalue weighted by Crippen LogP contribution is -2.26. The van der Waals surface area contributed by atoms with Gasteiger partial charge in [0.2, 0.25) is 0 Å². The highest BCUT2D eigenvalue weighted by Crippen LogP contribution is 2.43. The predicted molar refractivity (Wildman–Crippen MR) is 87.5 cm³/mol. The highest BCUT2D eigenvalue weighted by molar-refractivity contribution is 9.09. The van der Waals surface area contributed by atoms with Crippen LogP contribution in [0, 0.1) is 0 Å². The quantitative estimate of drug-likeness (QED) is 0.519. The van der Waals surface area contributed by atoms with Crippen LogP contribution in [-0.2, 0) is 4.79 Å². The topological polar surface area (TPSA) is 35.5 Å². The van der Waals surface area contributed by atoms with E-state index in [1.807, 2.05) is 12.1 Å². The molecule has 3 nitrogen and oxygen atoms in total. The van der Waals surface area contributed by atoms with E-state index in [1.54, 1.807) is 0 Å². The minimum atomic E-state index is 0.178. The predicted octanol–water partition coefficient (Wildman–Crippen LogP) is 4.82. The van der Waals surface area contributed by atoms with Crippen molar-refractivity contribution in [2.75, 3.05) is 11.9 Å². The first-order valence-electron chi connectivity index (χ1n) is 7.75. The Labute approximate surface area is 135 Å². The Morgan fingerprint density at radius 3 is 2.57 bits per heavy atom. The summed E-state index contributed by atoms with van der Waals surface area (Å²) in [7, 11) is 0. The molecule has 4 heteroatoms. The van der Waals surface area contributed by atoms with E-state index >= 15 is 0 Å². The maximum atomic E-state index is 11.1. The van der Waals surface area contributed by atoms with Crippen LogP contribution in [0.25, 0.3) is 0 Å². The Balaban J connectivity index is 0.000000153. The molecule has 0 aromatic heterocycles. The molecule has 4 aliphatic rings. The summed E-state index contributed by atoms with van der Waals surface area (Å²) in [5.74, 6) is 2.23. The van der Waals surface area contributed by atoms with Crippen LogP contribution in [-0.4, -0.2) is 17.7 Å². The third kappa shape index (κ3) is 4.73. The van der Waals surface area contributed by atoms with Gasteiger partial charge >= 0.3 is 0 Å². The fraction of sp³-hybridized carbons (Fsp3) is 0.588. The van der Waals surface area contributed by atoms with Gasteiger partial charge in [-0.25, -0.2) is 0 Å². The molecule has 0 saturated carbocycles. The number of unbranched alkanes of at least 4 members (excludes halogenated alkanes) is 2. The number of Topliss-reactive ketones (excluding diaryl/α,β-unsaturated/α-hetero) is 1. The van der Waals surface area contributed by atoms with Crippen LogP contribution in [0.1, 0.15) is 57.1 Å². The third-order valence-corrected chi connectivity index (χ3v) is 4.21. The molecular formula is C17H23BrO3. The van der Waals surface area contributed by atoms with Crippen LogP contribution in [0.5, 0.6) is 11.5 Å². The number of fused-ring (bicyclic) bond motifs is 2. The second-order valence-corrected chi connectivity index (χ2v) is 6.20. The molecule has 0 aliphatic carbocycles. The van der Waals surface area contributed by atoms with Crippen molar-refractivity contribution in [1.29, 1.82) is 0 Å². The van der Waals surface area contributed by atoms with Gasteiger partial charge in [-0.05, 0) is 30.5 Å². The standard InChI is InChI=1S/C9H17BrO.C8H6O2/c1-2-3-4-6-9(11)7-5-8-10;1-2-6-7-3-5(1)8(10-6)4-9-7/h2-8H2,1H3;1-3,8H,4H2. The lowest BCUT2D eigenvalue weighted by molar-refractivity contribution is -0.119. The Hall–Kier alpha value is -1.03. The molecule has 0 spiro atoms. The second-order valence-electron chi connectivity index (χ2n) is 5.41. The normalized spacial score (nSPS) is 16.8. The molecule has 4 heterocycles. The van der Waals surface area contributed by atoms with E-state index in [9.17, 15) is 4.79 Å². The van der Waals surface area contributed by atoms with Crippen molar-refractivity contribution >= 4 is 21.7 Å². The lowest BCUT2D eigenvalue weighted by atomic mass is 10.0. The summed E-state index contributed by atoms with van der Waals surface area (Å²) < 4.78 is 10.8. The smallest absolute Gasteiger partial charge is 0.162 e. The van der Waals surface area contributed by atoms with Crippen molar-refractivity contribution in [3.05, 3.63) is 23.8 Å². The maximum Gasteiger partial charge on any atom is 0.162 e. The number of benzene rings is 1. The van der Waals surface area contributed by atoms with E-state index in [2.05, 4.69) is 28.9 Å². The van der Waals surface area contributed by atoms with Crippen molar-refractivity contribution < 1.29 is 14.3 Å². The van der Waals surface area contributed by atoms with Crippen molar-refractivity contribution in [3.8, 4) is 11.5 Å². The summed E-state index contributed by atoms with van der Waals surface area (Å²) in [6.07, 6.45) is 6.20.